The van der Waals surface area contributed by atoms with E-state index in [2.05, 4.69) is 33.2 Å². The molecule has 0 radical (unpaired) electrons. The number of hydrogen-bond acceptors (Lipinski definition) is 0. The first-order valence-electron chi connectivity index (χ1n) is 9.71. The van der Waals surface area contributed by atoms with Gasteiger partial charge in [-0.3, -0.25) is 0 Å². The highest BCUT2D eigenvalue weighted by Crippen LogP contribution is 2.09. The van der Waals surface area contributed by atoms with E-state index in [0.29, 0.717) is 0 Å². The Bertz CT molecular complexity index is 220. The van der Waals surface area contributed by atoms with Gasteiger partial charge in [-0.15, -0.1) is 0 Å². The van der Waals surface area contributed by atoms with Crippen LogP contribution in [0.2, 0.25) is 0 Å². The molecule has 0 saturated heterocycles. The molecule has 23 heavy (non-hydrogen) atoms. The Morgan fingerprint density at radius 1 is 0.609 bits per heavy atom. The van der Waals surface area contributed by atoms with Crippen molar-refractivity contribution in [2.75, 3.05) is 20.6 Å². The predicted octanol–water partition coefficient (Wildman–Crippen LogP) is 1.35. The summed E-state index contributed by atoms with van der Waals surface area (Å²) in [5.74, 6) is 0. The van der Waals surface area contributed by atoms with Gasteiger partial charge in [0, 0.05) is 0 Å². The lowest BCUT2D eigenvalue weighted by atomic mass is 10.1. The summed E-state index contributed by atoms with van der Waals surface area (Å²) < 4.78 is 0. The van der Waals surface area contributed by atoms with Crippen LogP contribution in [0.1, 0.15) is 96.8 Å². The minimum atomic E-state index is 0. The fourth-order valence-corrected chi connectivity index (χ4v) is 2.73. The molecule has 0 spiro atoms. The van der Waals surface area contributed by atoms with Gasteiger partial charge in [-0.25, -0.2) is 0 Å². The van der Waals surface area contributed by atoms with Crippen molar-refractivity contribution in [3.05, 3.63) is 12.2 Å². The maximum atomic E-state index is 2.42. The van der Waals surface area contributed by atoms with Crippen molar-refractivity contribution in [3.63, 3.8) is 0 Å². The summed E-state index contributed by atoms with van der Waals surface area (Å²) in [5.41, 5.74) is 0. The number of unbranched alkanes of at least 4 members (excludes halogenated alkanes) is 12. The number of nitrogens with one attached hydrogen (secondary N) is 1. The van der Waals surface area contributed by atoms with E-state index in [1.807, 2.05) is 0 Å². The van der Waals surface area contributed by atoms with Crippen LogP contribution in [0.4, 0.5) is 0 Å². The van der Waals surface area contributed by atoms with Gasteiger partial charge in [-0.05, 0) is 38.5 Å². The minimum Gasteiger partial charge on any atom is -1.00 e. The van der Waals surface area contributed by atoms with Crippen molar-refractivity contribution in [2.24, 2.45) is 0 Å². The first-order valence-corrected chi connectivity index (χ1v) is 9.71. The second-order valence-electron chi connectivity index (χ2n) is 6.89. The molecule has 0 fully saturated rings. The molecule has 2 nitrogen and oxygen atoms in total. The van der Waals surface area contributed by atoms with Gasteiger partial charge in [-0.2, -0.15) is 0 Å². The molecule has 0 rings (SSSR count). The second kappa shape index (κ2) is 24.2. The predicted molar refractivity (Wildman–Crippen MR) is 101 cm³/mol. The van der Waals surface area contributed by atoms with Gasteiger partial charge in [0.15, 0.2) is 0 Å². The average Bonchev–Trinajstić information content (AvgIpc) is 2.46. The highest BCUT2D eigenvalue weighted by molar-refractivity contribution is 4.81. The van der Waals surface area contributed by atoms with Crippen LogP contribution in [0.25, 0.3) is 0 Å². The summed E-state index contributed by atoms with van der Waals surface area (Å²) in [5, 5.41) is 0. The zero-order chi connectivity index (χ0) is 15.6. The first-order chi connectivity index (χ1) is 10.3. The molecule has 0 aromatic carbocycles. The van der Waals surface area contributed by atoms with Crippen molar-refractivity contribution in [2.45, 2.75) is 96.8 Å². The molecule has 142 valence electrons. The van der Waals surface area contributed by atoms with Crippen molar-refractivity contribution in [1.82, 2.24) is 0 Å². The summed E-state index contributed by atoms with van der Waals surface area (Å²) in [7, 11) is 4.50. The molecule has 0 aromatic heterocycles. The van der Waals surface area contributed by atoms with Gasteiger partial charge in [0.05, 0.1) is 20.6 Å². The van der Waals surface area contributed by atoms with E-state index in [4.69, 9.17) is 0 Å². The van der Waals surface area contributed by atoms with Crippen LogP contribution in [0.5, 0.6) is 0 Å². The highest BCUT2D eigenvalue weighted by atomic mass is 35.5. The van der Waals surface area contributed by atoms with Crippen molar-refractivity contribution in [3.8, 4) is 0 Å². The Hall–Kier alpha value is -0.0500. The molecule has 3 heteroatoms. The molecule has 0 aliphatic rings. The molecule has 0 heterocycles. The van der Waals surface area contributed by atoms with Crippen LogP contribution in [-0.4, -0.2) is 26.1 Å². The zero-order valence-electron chi connectivity index (χ0n) is 16.1. The molecule has 0 amide bonds. The number of quaternary nitrogens is 1. The van der Waals surface area contributed by atoms with Gasteiger partial charge in [0.2, 0.25) is 0 Å². The fourth-order valence-electron chi connectivity index (χ4n) is 2.73. The van der Waals surface area contributed by atoms with Crippen LogP contribution >= 0.6 is 0 Å². The first kappa shape index (κ1) is 27.8. The van der Waals surface area contributed by atoms with Gasteiger partial charge in [-0.1, -0.05) is 70.4 Å². The third-order valence-corrected chi connectivity index (χ3v) is 4.19. The van der Waals surface area contributed by atoms with Crippen molar-refractivity contribution < 1.29 is 22.8 Å². The normalized spacial score (nSPS) is 10.8. The lowest BCUT2D eigenvalue weighted by molar-refractivity contribution is -0.858. The van der Waals surface area contributed by atoms with Gasteiger partial charge in [0.25, 0.3) is 0 Å². The van der Waals surface area contributed by atoms with Crippen LogP contribution < -0.4 is 17.3 Å². The molecule has 0 atom stereocenters. The third-order valence-electron chi connectivity index (χ3n) is 4.19. The summed E-state index contributed by atoms with van der Waals surface area (Å²) in [6, 6.07) is 0. The minimum absolute atomic E-state index is 0. The number of allylic oxidation sites excluding steroid dienone is 2. The van der Waals surface area contributed by atoms with Gasteiger partial charge >= 0.3 is 0 Å². The average molecular weight is 350 g/mol. The molecule has 0 bridgehead atoms. The summed E-state index contributed by atoms with van der Waals surface area (Å²) >= 11 is 0. The standard InChI is InChI=1S/C20H41N.ClH.H2O/c1-4-5-6-7-8-9-10-11-12-13-14-15-16-17-18-19-20-21(2)3;;/h11-12H,4-10,13-20H2,1-3H3;1H;1H2/b12-11-;;. The van der Waals surface area contributed by atoms with E-state index in [1.165, 1.54) is 96.4 Å². The highest BCUT2D eigenvalue weighted by Gasteiger charge is 1.94. The van der Waals surface area contributed by atoms with E-state index in [9.17, 15) is 0 Å². The van der Waals surface area contributed by atoms with Gasteiger partial charge in [0.1, 0.15) is 0 Å². The Balaban J connectivity index is -0.00000200. The summed E-state index contributed by atoms with van der Waals surface area (Å²) in [6.45, 7) is 3.62. The number of halogens is 1. The summed E-state index contributed by atoms with van der Waals surface area (Å²) in [4.78, 5) is 1.59. The number of hydrogen-bond donors (Lipinski definition) is 1. The molecule has 3 N–H and O–H groups in total. The van der Waals surface area contributed by atoms with E-state index in [1.54, 1.807) is 4.90 Å². The van der Waals surface area contributed by atoms with E-state index >= 15 is 0 Å². The van der Waals surface area contributed by atoms with Gasteiger partial charge < -0.3 is 22.8 Å². The largest absolute Gasteiger partial charge is 1.00 e. The Morgan fingerprint density at radius 2 is 1.00 bits per heavy atom. The summed E-state index contributed by atoms with van der Waals surface area (Å²) in [6.07, 6.45) is 24.5. The Labute approximate surface area is 152 Å². The molecule has 0 unspecified atom stereocenters. The molecule has 0 aromatic rings. The van der Waals surface area contributed by atoms with Crippen LogP contribution in [0, 0.1) is 0 Å². The quantitative estimate of drug-likeness (QED) is 0.322. The maximum absolute atomic E-state index is 2.42. The van der Waals surface area contributed by atoms with Crippen LogP contribution in [-0.2, 0) is 0 Å². The van der Waals surface area contributed by atoms with Crippen molar-refractivity contribution in [1.29, 1.82) is 0 Å². The Kier molecular flexibility index (Phi) is 29.2. The number of rotatable bonds is 16. The molecule has 0 aliphatic heterocycles. The topological polar surface area (TPSA) is 35.9 Å². The van der Waals surface area contributed by atoms with E-state index < -0.39 is 0 Å². The Morgan fingerprint density at radius 3 is 1.43 bits per heavy atom. The van der Waals surface area contributed by atoms with Crippen LogP contribution in [0.3, 0.4) is 0 Å². The third kappa shape index (κ3) is 27.1. The fraction of sp³-hybridized carbons (Fsp3) is 0.900. The second-order valence-corrected chi connectivity index (χ2v) is 6.89. The monoisotopic (exact) mass is 349 g/mol. The lowest BCUT2D eigenvalue weighted by Gasteiger charge is -2.06. The molecule has 0 aliphatic carbocycles. The molecule has 0 saturated carbocycles. The lowest BCUT2D eigenvalue weighted by Crippen LogP contribution is -3.05. The molecular formula is C20H44ClNO. The maximum Gasteiger partial charge on any atom is 0.0766 e. The smallest absolute Gasteiger partial charge is 0.0766 e. The van der Waals surface area contributed by atoms with Crippen LogP contribution in [0.15, 0.2) is 12.2 Å². The SMILES string of the molecule is CCCCCCCC/C=C\CCCCCCCC[NH+](C)C.O.[Cl-]. The zero-order valence-corrected chi connectivity index (χ0v) is 16.9. The van der Waals surface area contributed by atoms with Crippen molar-refractivity contribution >= 4 is 0 Å². The van der Waals surface area contributed by atoms with E-state index in [-0.39, 0.29) is 17.9 Å². The van der Waals surface area contributed by atoms with E-state index in [0.717, 1.165) is 0 Å². The molecular weight excluding hydrogens is 306 g/mol.